The molecule has 1 aliphatic heterocycles. The third-order valence-corrected chi connectivity index (χ3v) is 6.07. The average Bonchev–Trinajstić information content (AvgIpc) is 3.34. The molecule has 2 bridgehead atoms. The van der Waals surface area contributed by atoms with Gasteiger partial charge in [0, 0.05) is 38.4 Å². The van der Waals surface area contributed by atoms with Crippen LogP contribution in [0.1, 0.15) is 12.8 Å². The van der Waals surface area contributed by atoms with Gasteiger partial charge in [-0.2, -0.15) is 0 Å². The van der Waals surface area contributed by atoms with Gasteiger partial charge in [0.15, 0.2) is 0 Å². The topological polar surface area (TPSA) is 64.7 Å². The normalized spacial score (nSPS) is 26.3. The number of para-hydroxylation sites is 1. The van der Waals surface area contributed by atoms with Crippen LogP contribution in [-0.4, -0.2) is 56.1 Å². The minimum Gasteiger partial charge on any atom is -0.368 e. The minimum atomic E-state index is -0.152. The zero-order chi connectivity index (χ0) is 18.6. The van der Waals surface area contributed by atoms with Gasteiger partial charge in [-0.25, -0.2) is 4.79 Å². The van der Waals surface area contributed by atoms with E-state index in [4.69, 9.17) is 0 Å². The molecule has 27 heavy (non-hydrogen) atoms. The Morgan fingerprint density at radius 3 is 2.41 bits per heavy atom. The standard InChI is InChI=1S/C21H28N4O2/c26-20(22-14-18-13-16-6-7-17(18)12-16)15-23-21(27)25-10-8-24(9-11-25)19-4-2-1-3-5-19/h1-7,16-18H,8-15H2,(H,22,26)(H,23,27)/t16-,17-,18+/m0/s1. The number of carbonyl (C=O) groups is 2. The molecule has 1 saturated heterocycles. The molecule has 1 aromatic rings. The van der Waals surface area contributed by atoms with E-state index >= 15 is 0 Å². The highest BCUT2D eigenvalue weighted by molar-refractivity contribution is 5.84. The number of nitrogens with zero attached hydrogens (tertiary/aromatic N) is 2. The molecule has 1 heterocycles. The van der Waals surface area contributed by atoms with E-state index in [0.717, 1.165) is 19.6 Å². The molecule has 0 spiro atoms. The van der Waals surface area contributed by atoms with E-state index < -0.39 is 0 Å². The van der Waals surface area contributed by atoms with Crippen molar-refractivity contribution in [2.45, 2.75) is 12.8 Å². The molecule has 3 atom stereocenters. The highest BCUT2D eigenvalue weighted by Gasteiger charge is 2.35. The van der Waals surface area contributed by atoms with Gasteiger partial charge in [0.05, 0.1) is 6.54 Å². The number of rotatable bonds is 5. The highest BCUT2D eigenvalue weighted by atomic mass is 16.2. The summed E-state index contributed by atoms with van der Waals surface area (Å²) in [6.07, 6.45) is 7.02. The zero-order valence-electron chi connectivity index (χ0n) is 15.6. The Morgan fingerprint density at radius 1 is 0.963 bits per heavy atom. The molecule has 3 aliphatic rings. The largest absolute Gasteiger partial charge is 0.368 e. The zero-order valence-corrected chi connectivity index (χ0v) is 15.6. The molecule has 2 aliphatic carbocycles. The van der Waals surface area contributed by atoms with Crippen LogP contribution in [0.15, 0.2) is 42.5 Å². The lowest BCUT2D eigenvalue weighted by molar-refractivity contribution is -0.120. The average molecular weight is 368 g/mol. The van der Waals surface area contributed by atoms with Crippen molar-refractivity contribution in [3.63, 3.8) is 0 Å². The van der Waals surface area contributed by atoms with Crippen LogP contribution in [0.3, 0.4) is 0 Å². The smallest absolute Gasteiger partial charge is 0.317 e. The third kappa shape index (κ3) is 4.26. The fraction of sp³-hybridized carbons (Fsp3) is 0.524. The molecular formula is C21H28N4O2. The molecule has 1 saturated carbocycles. The van der Waals surface area contributed by atoms with Crippen LogP contribution >= 0.6 is 0 Å². The monoisotopic (exact) mass is 368 g/mol. The predicted molar refractivity (Wildman–Crippen MR) is 105 cm³/mol. The third-order valence-electron chi connectivity index (χ3n) is 6.07. The van der Waals surface area contributed by atoms with Gasteiger partial charge in [-0.15, -0.1) is 0 Å². The maximum absolute atomic E-state index is 12.3. The summed E-state index contributed by atoms with van der Waals surface area (Å²) in [7, 11) is 0. The van der Waals surface area contributed by atoms with Crippen molar-refractivity contribution in [2.75, 3.05) is 44.2 Å². The second-order valence-corrected chi connectivity index (χ2v) is 7.81. The van der Waals surface area contributed by atoms with Gasteiger partial charge in [0.2, 0.25) is 5.91 Å². The first-order valence-corrected chi connectivity index (χ1v) is 9.97. The van der Waals surface area contributed by atoms with Gasteiger partial charge < -0.3 is 20.4 Å². The number of hydrogen-bond acceptors (Lipinski definition) is 3. The van der Waals surface area contributed by atoms with Gasteiger partial charge in [-0.1, -0.05) is 30.4 Å². The van der Waals surface area contributed by atoms with E-state index in [1.807, 2.05) is 18.2 Å². The number of benzene rings is 1. The summed E-state index contributed by atoms with van der Waals surface area (Å²) in [5, 5.41) is 5.74. The summed E-state index contributed by atoms with van der Waals surface area (Å²) in [6, 6.07) is 10.1. The van der Waals surface area contributed by atoms with Crippen molar-refractivity contribution in [2.24, 2.45) is 17.8 Å². The second-order valence-electron chi connectivity index (χ2n) is 7.81. The summed E-state index contributed by atoms with van der Waals surface area (Å²) in [5.74, 6) is 1.81. The summed E-state index contributed by atoms with van der Waals surface area (Å²) in [5.41, 5.74) is 1.19. The summed E-state index contributed by atoms with van der Waals surface area (Å²) in [4.78, 5) is 28.4. The molecule has 4 rings (SSSR count). The molecule has 2 N–H and O–H groups in total. The number of hydrogen-bond donors (Lipinski definition) is 2. The molecule has 0 unspecified atom stereocenters. The molecule has 0 aromatic heterocycles. The Balaban J connectivity index is 1.14. The second kappa shape index (κ2) is 8.03. The Labute approximate surface area is 160 Å². The van der Waals surface area contributed by atoms with E-state index in [1.165, 1.54) is 18.5 Å². The highest BCUT2D eigenvalue weighted by Crippen LogP contribution is 2.42. The summed E-state index contributed by atoms with van der Waals surface area (Å²) in [6.45, 7) is 3.72. The van der Waals surface area contributed by atoms with Crippen molar-refractivity contribution in [1.82, 2.24) is 15.5 Å². The Kier molecular flexibility index (Phi) is 5.32. The van der Waals surface area contributed by atoms with Crippen LogP contribution in [-0.2, 0) is 4.79 Å². The van der Waals surface area contributed by atoms with E-state index in [-0.39, 0.29) is 18.5 Å². The first-order valence-electron chi connectivity index (χ1n) is 9.97. The van der Waals surface area contributed by atoms with Gasteiger partial charge in [0.25, 0.3) is 0 Å². The van der Waals surface area contributed by atoms with Gasteiger partial charge in [0.1, 0.15) is 0 Å². The molecule has 0 radical (unpaired) electrons. The van der Waals surface area contributed by atoms with E-state index in [1.54, 1.807) is 4.90 Å². The van der Waals surface area contributed by atoms with Crippen molar-refractivity contribution >= 4 is 17.6 Å². The number of fused-ring (bicyclic) bond motifs is 2. The van der Waals surface area contributed by atoms with Crippen LogP contribution in [0.4, 0.5) is 10.5 Å². The molecule has 3 amide bonds. The Bertz CT molecular complexity index is 697. The summed E-state index contributed by atoms with van der Waals surface area (Å²) < 4.78 is 0. The fourth-order valence-electron chi connectivity index (χ4n) is 4.51. The predicted octanol–water partition coefficient (Wildman–Crippen LogP) is 1.85. The number of carbonyl (C=O) groups excluding carboxylic acids is 2. The fourth-order valence-corrected chi connectivity index (χ4v) is 4.51. The number of urea groups is 1. The van der Waals surface area contributed by atoms with E-state index in [2.05, 4.69) is 39.8 Å². The first-order chi connectivity index (χ1) is 13.2. The van der Waals surface area contributed by atoms with Gasteiger partial charge in [-0.05, 0) is 42.7 Å². The quantitative estimate of drug-likeness (QED) is 0.780. The molecule has 6 heteroatoms. The van der Waals surface area contributed by atoms with Crippen LogP contribution in [0.5, 0.6) is 0 Å². The number of allylic oxidation sites excluding steroid dienone is 2. The SMILES string of the molecule is O=C(CNC(=O)N1CCN(c2ccccc2)CC1)NC[C@H]1C[C@H]2C=C[C@H]1C2. The van der Waals surface area contributed by atoms with E-state index in [0.29, 0.717) is 30.8 Å². The van der Waals surface area contributed by atoms with Crippen LogP contribution in [0.2, 0.25) is 0 Å². The van der Waals surface area contributed by atoms with Crippen LogP contribution in [0, 0.1) is 17.8 Å². The molecule has 6 nitrogen and oxygen atoms in total. The van der Waals surface area contributed by atoms with Gasteiger partial charge >= 0.3 is 6.03 Å². The van der Waals surface area contributed by atoms with Crippen LogP contribution in [0.25, 0.3) is 0 Å². The minimum absolute atomic E-state index is 0.0500. The van der Waals surface area contributed by atoms with Crippen molar-refractivity contribution in [1.29, 1.82) is 0 Å². The van der Waals surface area contributed by atoms with Crippen molar-refractivity contribution in [3.05, 3.63) is 42.5 Å². The maximum atomic E-state index is 12.3. The maximum Gasteiger partial charge on any atom is 0.317 e. The van der Waals surface area contributed by atoms with Crippen LogP contribution < -0.4 is 15.5 Å². The lowest BCUT2D eigenvalue weighted by Gasteiger charge is -2.36. The lowest BCUT2D eigenvalue weighted by atomic mass is 9.94. The number of nitrogens with one attached hydrogen (secondary N) is 2. The van der Waals surface area contributed by atoms with Crippen molar-refractivity contribution < 1.29 is 9.59 Å². The van der Waals surface area contributed by atoms with Gasteiger partial charge in [-0.3, -0.25) is 4.79 Å². The number of anilines is 1. The summed E-state index contributed by atoms with van der Waals surface area (Å²) >= 11 is 0. The first kappa shape index (κ1) is 17.9. The number of piperazine rings is 1. The number of amides is 3. The molecule has 1 aromatic carbocycles. The molecule has 144 valence electrons. The Hall–Kier alpha value is -2.50. The molecular weight excluding hydrogens is 340 g/mol. The molecule has 2 fully saturated rings. The lowest BCUT2D eigenvalue weighted by Crippen LogP contribution is -2.53. The Morgan fingerprint density at radius 2 is 1.74 bits per heavy atom. The van der Waals surface area contributed by atoms with E-state index in [9.17, 15) is 9.59 Å². The van der Waals surface area contributed by atoms with Crippen molar-refractivity contribution in [3.8, 4) is 0 Å².